The van der Waals surface area contributed by atoms with Crippen molar-refractivity contribution in [3.05, 3.63) is 71.4 Å². The highest BCUT2D eigenvalue weighted by Crippen LogP contribution is 2.35. The van der Waals surface area contributed by atoms with Gasteiger partial charge in [-0.15, -0.1) is 0 Å². The number of aryl methyl sites for hydroxylation is 1. The van der Waals surface area contributed by atoms with E-state index in [-0.39, 0.29) is 18.9 Å². The lowest BCUT2D eigenvalue weighted by molar-refractivity contribution is 0.0269. The Morgan fingerprint density at radius 2 is 2.00 bits per heavy atom. The second kappa shape index (κ2) is 7.59. The van der Waals surface area contributed by atoms with Crippen molar-refractivity contribution in [1.82, 2.24) is 9.47 Å². The number of halogens is 2. The molecule has 1 N–H and O–H groups in total. The maximum atomic E-state index is 14.2. The van der Waals surface area contributed by atoms with Crippen LogP contribution in [0.25, 0.3) is 10.9 Å². The van der Waals surface area contributed by atoms with Gasteiger partial charge in [0.15, 0.2) is 0 Å². The van der Waals surface area contributed by atoms with E-state index in [1.54, 1.807) is 4.90 Å². The number of benzene rings is 2. The fraction of sp³-hybridized carbons (Fsp3) is 0.348. The summed E-state index contributed by atoms with van der Waals surface area (Å²) in [5.41, 5.74) is 1.33. The van der Waals surface area contributed by atoms with Gasteiger partial charge in [-0.05, 0) is 37.0 Å². The van der Waals surface area contributed by atoms with Gasteiger partial charge in [-0.2, -0.15) is 0 Å². The summed E-state index contributed by atoms with van der Waals surface area (Å²) in [6.07, 6.45) is 3.50. The van der Waals surface area contributed by atoms with Crippen molar-refractivity contribution in [2.45, 2.75) is 19.3 Å². The molecule has 6 heteroatoms. The van der Waals surface area contributed by atoms with Gasteiger partial charge in [0.2, 0.25) is 0 Å². The normalized spacial score (nSPS) is 19.7. The molecule has 2 heterocycles. The third kappa shape index (κ3) is 3.65. The van der Waals surface area contributed by atoms with Crippen LogP contribution in [0.3, 0.4) is 0 Å². The van der Waals surface area contributed by atoms with Crippen LogP contribution in [0.5, 0.6) is 0 Å². The predicted octanol–water partition coefficient (Wildman–Crippen LogP) is 3.91. The molecule has 1 fully saturated rings. The van der Waals surface area contributed by atoms with Gasteiger partial charge in [0, 0.05) is 48.7 Å². The second-order valence-electron chi connectivity index (χ2n) is 8.07. The van der Waals surface area contributed by atoms with Gasteiger partial charge in [-0.25, -0.2) is 8.78 Å². The molecule has 1 saturated heterocycles. The van der Waals surface area contributed by atoms with E-state index in [0.717, 1.165) is 23.4 Å². The Bertz CT molecular complexity index is 1060. The topological polar surface area (TPSA) is 45.5 Å². The monoisotopic (exact) mass is 398 g/mol. The first kappa shape index (κ1) is 19.6. The first-order valence-electron chi connectivity index (χ1n) is 9.81. The minimum Gasteiger partial charge on any atom is -0.396 e. The summed E-state index contributed by atoms with van der Waals surface area (Å²) in [6, 6.07) is 11.3. The molecule has 3 aromatic rings. The number of rotatable bonds is 4. The van der Waals surface area contributed by atoms with Crippen LogP contribution >= 0.6 is 0 Å². The Morgan fingerprint density at radius 1 is 1.21 bits per heavy atom. The van der Waals surface area contributed by atoms with Gasteiger partial charge in [0.1, 0.15) is 11.6 Å². The van der Waals surface area contributed by atoms with E-state index in [9.17, 15) is 18.7 Å². The first-order chi connectivity index (χ1) is 13.9. The lowest BCUT2D eigenvalue weighted by Crippen LogP contribution is -2.49. The molecule has 1 aliphatic rings. The zero-order chi connectivity index (χ0) is 20.6. The highest BCUT2D eigenvalue weighted by molar-refractivity contribution is 6.07. The molecule has 0 bridgehead atoms. The number of fused-ring (bicyclic) bond motifs is 1. The number of hydrogen-bond acceptors (Lipinski definition) is 2. The van der Waals surface area contributed by atoms with Gasteiger partial charge in [0.05, 0.1) is 12.2 Å². The van der Waals surface area contributed by atoms with Gasteiger partial charge in [0.25, 0.3) is 5.91 Å². The van der Waals surface area contributed by atoms with Gasteiger partial charge >= 0.3 is 0 Å². The fourth-order valence-corrected chi connectivity index (χ4v) is 4.46. The molecule has 1 aromatic heterocycles. The number of piperidine rings is 1. The zero-order valence-electron chi connectivity index (χ0n) is 16.4. The van der Waals surface area contributed by atoms with Gasteiger partial charge < -0.3 is 14.6 Å². The Kier molecular flexibility index (Phi) is 5.13. The van der Waals surface area contributed by atoms with Gasteiger partial charge in [-0.1, -0.05) is 24.3 Å². The summed E-state index contributed by atoms with van der Waals surface area (Å²) >= 11 is 0. The van der Waals surface area contributed by atoms with E-state index in [1.807, 2.05) is 42.1 Å². The van der Waals surface area contributed by atoms with E-state index < -0.39 is 17.0 Å². The molecule has 0 radical (unpaired) electrons. The molecule has 4 rings (SSSR count). The molecule has 4 nitrogen and oxygen atoms in total. The standard InChI is InChI=1S/C23H24F2N2O2/c1-26-13-19(18-5-2-3-6-21(18)26)22(29)27-10-4-9-23(14-27,15-28)12-16-7-8-17(24)11-20(16)25/h2-3,5-8,11,13,28H,4,9-10,12,14-15H2,1H3/t23-/m0/s1. The maximum absolute atomic E-state index is 14.2. The van der Waals surface area contributed by atoms with Crippen LogP contribution in [0.1, 0.15) is 28.8 Å². The zero-order valence-corrected chi connectivity index (χ0v) is 16.4. The van der Waals surface area contributed by atoms with Crippen molar-refractivity contribution in [2.24, 2.45) is 12.5 Å². The van der Waals surface area contributed by atoms with Crippen LogP contribution in [0.4, 0.5) is 8.78 Å². The van der Waals surface area contributed by atoms with Crippen LogP contribution in [-0.4, -0.2) is 40.2 Å². The summed E-state index contributed by atoms with van der Waals surface area (Å²) in [6.45, 7) is 0.765. The third-order valence-electron chi connectivity index (χ3n) is 5.99. The Labute approximate surface area is 168 Å². The SMILES string of the molecule is Cn1cc(C(=O)N2CCC[C@](CO)(Cc3ccc(F)cc3F)C2)c2ccccc21. The lowest BCUT2D eigenvalue weighted by atomic mass is 9.75. The highest BCUT2D eigenvalue weighted by atomic mass is 19.1. The molecule has 29 heavy (non-hydrogen) atoms. The number of aromatic nitrogens is 1. The number of carbonyl (C=O) groups is 1. The van der Waals surface area contributed by atoms with Gasteiger partial charge in [-0.3, -0.25) is 4.79 Å². The molecule has 0 aliphatic carbocycles. The average molecular weight is 398 g/mol. The summed E-state index contributed by atoms with van der Waals surface area (Å²) in [4.78, 5) is 15.1. The van der Waals surface area contributed by atoms with Crippen LogP contribution in [0.2, 0.25) is 0 Å². The molecule has 0 unspecified atom stereocenters. The van der Waals surface area contributed by atoms with E-state index in [1.165, 1.54) is 12.1 Å². The maximum Gasteiger partial charge on any atom is 0.256 e. The van der Waals surface area contributed by atoms with Crippen LogP contribution in [0, 0.1) is 17.0 Å². The number of aliphatic hydroxyl groups is 1. The molecule has 2 aromatic carbocycles. The largest absolute Gasteiger partial charge is 0.396 e. The smallest absolute Gasteiger partial charge is 0.256 e. The molecule has 152 valence electrons. The van der Waals surface area contributed by atoms with Crippen molar-refractivity contribution < 1.29 is 18.7 Å². The summed E-state index contributed by atoms with van der Waals surface area (Å²) in [5.74, 6) is -1.32. The highest BCUT2D eigenvalue weighted by Gasteiger charge is 2.38. The molecule has 1 amide bonds. The molecule has 0 spiro atoms. The molecular formula is C23H24F2N2O2. The summed E-state index contributed by atoms with van der Waals surface area (Å²) in [7, 11) is 1.91. The minimum absolute atomic E-state index is 0.0843. The third-order valence-corrected chi connectivity index (χ3v) is 5.99. The van der Waals surface area contributed by atoms with Crippen molar-refractivity contribution in [1.29, 1.82) is 0 Å². The van der Waals surface area contributed by atoms with Crippen LogP contribution < -0.4 is 0 Å². The Balaban J connectivity index is 1.61. The van der Waals surface area contributed by atoms with E-state index in [0.29, 0.717) is 30.6 Å². The first-order valence-corrected chi connectivity index (χ1v) is 9.81. The van der Waals surface area contributed by atoms with Crippen molar-refractivity contribution in [3.63, 3.8) is 0 Å². The second-order valence-corrected chi connectivity index (χ2v) is 8.07. The van der Waals surface area contributed by atoms with Crippen LogP contribution in [0.15, 0.2) is 48.7 Å². The summed E-state index contributed by atoms with van der Waals surface area (Å²) < 4.78 is 29.4. The van der Waals surface area contributed by atoms with E-state index in [2.05, 4.69) is 0 Å². The minimum atomic E-state index is -0.642. The molecule has 1 aliphatic heterocycles. The molecule has 1 atom stereocenters. The van der Waals surface area contributed by atoms with Crippen molar-refractivity contribution >= 4 is 16.8 Å². The van der Waals surface area contributed by atoms with Crippen molar-refractivity contribution in [3.8, 4) is 0 Å². The number of likely N-dealkylation sites (tertiary alicyclic amines) is 1. The van der Waals surface area contributed by atoms with Crippen LogP contribution in [-0.2, 0) is 13.5 Å². The lowest BCUT2D eigenvalue weighted by Gasteiger charge is -2.42. The number of carbonyl (C=O) groups excluding carboxylic acids is 1. The Morgan fingerprint density at radius 3 is 2.76 bits per heavy atom. The quantitative estimate of drug-likeness (QED) is 0.724. The number of hydrogen-bond donors (Lipinski definition) is 1. The molecule has 0 saturated carbocycles. The van der Waals surface area contributed by atoms with E-state index in [4.69, 9.17) is 0 Å². The Hall–Kier alpha value is -2.73. The average Bonchev–Trinajstić information content (AvgIpc) is 3.07. The summed E-state index contributed by atoms with van der Waals surface area (Å²) in [5, 5.41) is 11.0. The van der Waals surface area contributed by atoms with Crippen molar-refractivity contribution in [2.75, 3.05) is 19.7 Å². The number of nitrogens with zero attached hydrogens (tertiary/aromatic N) is 2. The fourth-order valence-electron chi connectivity index (χ4n) is 4.46. The molecular weight excluding hydrogens is 374 g/mol. The number of aliphatic hydroxyl groups excluding tert-OH is 1. The number of amides is 1. The van der Waals surface area contributed by atoms with E-state index >= 15 is 0 Å². The number of para-hydroxylation sites is 1. The predicted molar refractivity (Wildman–Crippen MR) is 108 cm³/mol.